The first kappa shape index (κ1) is 12.7. The molecule has 20 heavy (non-hydrogen) atoms. The third-order valence-corrected chi connectivity index (χ3v) is 6.15. The number of aromatic hydroxyl groups is 1. The van der Waals surface area contributed by atoms with E-state index in [1.807, 2.05) is 12.1 Å². The molecule has 0 amide bonds. The van der Waals surface area contributed by atoms with Gasteiger partial charge in [0.15, 0.2) is 6.29 Å². The molecule has 2 N–H and O–H groups in total. The van der Waals surface area contributed by atoms with Crippen LogP contribution in [0.4, 0.5) is 0 Å². The Kier molecular flexibility index (Phi) is 2.67. The molecule has 1 heterocycles. The first-order valence-corrected chi connectivity index (χ1v) is 7.71. The molecule has 3 nitrogen and oxygen atoms in total. The van der Waals surface area contributed by atoms with Gasteiger partial charge < -0.3 is 14.9 Å². The number of hydrogen-bond acceptors (Lipinski definition) is 3. The fourth-order valence-electron chi connectivity index (χ4n) is 4.92. The lowest BCUT2D eigenvalue weighted by Crippen LogP contribution is -2.44. The summed E-state index contributed by atoms with van der Waals surface area (Å²) in [6.07, 6.45) is 3.75. The highest BCUT2D eigenvalue weighted by atomic mass is 16.6. The number of hydrogen-bond donors (Lipinski definition) is 2. The van der Waals surface area contributed by atoms with Gasteiger partial charge in [-0.2, -0.15) is 0 Å². The number of phenolic OH excluding ortho intramolecular Hbond substituents is 1. The van der Waals surface area contributed by atoms with Gasteiger partial charge in [0.2, 0.25) is 0 Å². The normalized spacial score (nSPS) is 42.7. The summed E-state index contributed by atoms with van der Waals surface area (Å²) in [5.41, 5.74) is 2.67. The fourth-order valence-corrected chi connectivity index (χ4v) is 4.92. The van der Waals surface area contributed by atoms with Crippen molar-refractivity contribution in [2.45, 2.75) is 44.8 Å². The Morgan fingerprint density at radius 3 is 3.00 bits per heavy atom. The largest absolute Gasteiger partial charge is 0.508 e. The predicted octanol–water partition coefficient (Wildman–Crippen LogP) is 2.80. The van der Waals surface area contributed by atoms with Crippen molar-refractivity contribution in [2.24, 2.45) is 17.3 Å². The van der Waals surface area contributed by atoms with E-state index in [2.05, 4.69) is 13.0 Å². The van der Waals surface area contributed by atoms with E-state index in [1.165, 1.54) is 11.1 Å². The number of benzene rings is 1. The van der Waals surface area contributed by atoms with Crippen molar-refractivity contribution in [3.05, 3.63) is 29.3 Å². The summed E-state index contributed by atoms with van der Waals surface area (Å²) in [7, 11) is 0. The van der Waals surface area contributed by atoms with Gasteiger partial charge in [-0.3, -0.25) is 0 Å². The van der Waals surface area contributed by atoms with Crippen LogP contribution >= 0.6 is 0 Å². The molecule has 0 radical (unpaired) electrons. The Labute approximate surface area is 119 Å². The smallest absolute Gasteiger partial charge is 0.160 e. The standard InChI is InChI=1S/C17H22O3/c1-17-7-6-13-12-5-3-11(18)8-10(12)2-4-14(13)15(17)9-20-16(17)19/h3,5,8,13-16,18-19H,2,4,6-7,9H2,1H3. The monoisotopic (exact) mass is 274 g/mol. The van der Waals surface area contributed by atoms with Gasteiger partial charge in [-0.05, 0) is 66.7 Å². The molecule has 108 valence electrons. The molecular formula is C17H22O3. The van der Waals surface area contributed by atoms with Crippen LogP contribution in [0.25, 0.3) is 0 Å². The lowest BCUT2D eigenvalue weighted by Gasteiger charge is -2.48. The van der Waals surface area contributed by atoms with Gasteiger partial charge in [-0.15, -0.1) is 0 Å². The Morgan fingerprint density at radius 2 is 2.15 bits per heavy atom. The molecule has 3 heteroatoms. The second kappa shape index (κ2) is 4.22. The van der Waals surface area contributed by atoms with Crippen molar-refractivity contribution in [1.82, 2.24) is 0 Å². The molecule has 4 rings (SSSR count). The predicted molar refractivity (Wildman–Crippen MR) is 75.4 cm³/mol. The molecule has 2 aliphatic carbocycles. The molecule has 1 saturated carbocycles. The lowest BCUT2D eigenvalue weighted by molar-refractivity contribution is -0.124. The summed E-state index contributed by atoms with van der Waals surface area (Å²) in [6.45, 7) is 2.89. The van der Waals surface area contributed by atoms with Crippen LogP contribution in [0.15, 0.2) is 18.2 Å². The molecule has 5 atom stereocenters. The molecule has 0 spiro atoms. The minimum atomic E-state index is -0.588. The number of aliphatic hydroxyl groups is 1. The number of aliphatic hydroxyl groups excluding tert-OH is 1. The highest BCUT2D eigenvalue weighted by Crippen LogP contribution is 2.58. The number of rotatable bonds is 0. The number of ether oxygens (including phenoxy) is 1. The summed E-state index contributed by atoms with van der Waals surface area (Å²) < 4.78 is 5.57. The Morgan fingerprint density at radius 1 is 1.30 bits per heavy atom. The van der Waals surface area contributed by atoms with E-state index >= 15 is 0 Å². The van der Waals surface area contributed by atoms with Crippen LogP contribution < -0.4 is 0 Å². The average Bonchev–Trinajstić information content (AvgIpc) is 2.74. The van der Waals surface area contributed by atoms with E-state index < -0.39 is 6.29 Å². The van der Waals surface area contributed by atoms with Gasteiger partial charge in [-0.1, -0.05) is 13.0 Å². The van der Waals surface area contributed by atoms with E-state index in [1.54, 1.807) is 0 Å². The summed E-state index contributed by atoms with van der Waals surface area (Å²) >= 11 is 0. The van der Waals surface area contributed by atoms with Crippen LogP contribution in [0, 0.1) is 17.3 Å². The van der Waals surface area contributed by atoms with Crippen LogP contribution in [0.5, 0.6) is 5.75 Å². The Balaban J connectivity index is 1.71. The zero-order chi connectivity index (χ0) is 13.9. The quantitative estimate of drug-likeness (QED) is 0.765. The third-order valence-electron chi connectivity index (χ3n) is 6.15. The molecule has 5 unspecified atom stereocenters. The van der Waals surface area contributed by atoms with Gasteiger partial charge in [0.25, 0.3) is 0 Å². The lowest BCUT2D eigenvalue weighted by atomic mass is 9.55. The van der Waals surface area contributed by atoms with Crippen molar-refractivity contribution < 1.29 is 14.9 Å². The fraction of sp³-hybridized carbons (Fsp3) is 0.647. The molecule has 3 aliphatic rings. The molecule has 1 aliphatic heterocycles. The molecular weight excluding hydrogens is 252 g/mol. The van der Waals surface area contributed by atoms with Crippen molar-refractivity contribution in [3.63, 3.8) is 0 Å². The topological polar surface area (TPSA) is 49.7 Å². The minimum absolute atomic E-state index is 0.0599. The van der Waals surface area contributed by atoms with Gasteiger partial charge in [0, 0.05) is 5.41 Å². The van der Waals surface area contributed by atoms with E-state index in [9.17, 15) is 10.2 Å². The second-order valence-corrected chi connectivity index (χ2v) is 7.03. The van der Waals surface area contributed by atoms with E-state index in [0.717, 1.165) is 25.7 Å². The molecule has 1 saturated heterocycles. The summed E-state index contributed by atoms with van der Waals surface area (Å²) in [5, 5.41) is 19.8. The van der Waals surface area contributed by atoms with Crippen molar-refractivity contribution >= 4 is 0 Å². The second-order valence-electron chi connectivity index (χ2n) is 7.03. The number of phenols is 1. The highest BCUT2D eigenvalue weighted by Gasteiger charge is 2.55. The Bertz CT molecular complexity index is 541. The van der Waals surface area contributed by atoms with Crippen LogP contribution in [0.1, 0.15) is 43.2 Å². The van der Waals surface area contributed by atoms with Crippen LogP contribution in [-0.2, 0) is 11.2 Å². The maximum atomic E-state index is 10.2. The van der Waals surface area contributed by atoms with E-state index in [-0.39, 0.29) is 5.41 Å². The molecule has 0 bridgehead atoms. The summed E-state index contributed by atoms with van der Waals surface area (Å²) in [6, 6.07) is 5.85. The zero-order valence-corrected chi connectivity index (χ0v) is 11.9. The van der Waals surface area contributed by atoms with E-state index in [0.29, 0.717) is 30.1 Å². The van der Waals surface area contributed by atoms with Crippen molar-refractivity contribution in [1.29, 1.82) is 0 Å². The van der Waals surface area contributed by atoms with Crippen LogP contribution in [0.3, 0.4) is 0 Å². The molecule has 0 aromatic heterocycles. The Hall–Kier alpha value is -1.06. The summed E-state index contributed by atoms with van der Waals surface area (Å²) in [4.78, 5) is 0. The minimum Gasteiger partial charge on any atom is -0.508 e. The molecule has 2 fully saturated rings. The average molecular weight is 274 g/mol. The van der Waals surface area contributed by atoms with Crippen molar-refractivity contribution in [3.8, 4) is 5.75 Å². The molecule has 1 aromatic rings. The van der Waals surface area contributed by atoms with E-state index in [4.69, 9.17) is 4.74 Å². The van der Waals surface area contributed by atoms with Crippen molar-refractivity contribution in [2.75, 3.05) is 6.61 Å². The first-order valence-electron chi connectivity index (χ1n) is 7.71. The van der Waals surface area contributed by atoms with Gasteiger partial charge in [-0.25, -0.2) is 0 Å². The number of aryl methyl sites for hydroxylation is 1. The summed E-state index contributed by atoms with van der Waals surface area (Å²) in [5.74, 6) is 2.04. The maximum Gasteiger partial charge on any atom is 0.160 e. The highest BCUT2D eigenvalue weighted by molar-refractivity contribution is 5.40. The zero-order valence-electron chi connectivity index (χ0n) is 11.9. The van der Waals surface area contributed by atoms with Crippen LogP contribution in [0.2, 0.25) is 0 Å². The molecule has 1 aromatic carbocycles. The van der Waals surface area contributed by atoms with Crippen LogP contribution in [-0.4, -0.2) is 23.1 Å². The van der Waals surface area contributed by atoms with Gasteiger partial charge >= 0.3 is 0 Å². The maximum absolute atomic E-state index is 10.2. The first-order chi connectivity index (χ1) is 9.59. The number of fused-ring (bicyclic) bond motifs is 5. The SMILES string of the molecule is CC12CCC3c4ccc(O)cc4CCC3C1COC2O. The van der Waals surface area contributed by atoms with Gasteiger partial charge in [0.1, 0.15) is 5.75 Å². The van der Waals surface area contributed by atoms with Gasteiger partial charge in [0.05, 0.1) is 6.61 Å². The third kappa shape index (κ3) is 1.60.